The van der Waals surface area contributed by atoms with Crippen LogP contribution in [0.1, 0.15) is 17.2 Å². The molecule has 0 radical (unpaired) electrons. The number of hydrogen-bond acceptors (Lipinski definition) is 2. The van der Waals surface area contributed by atoms with Crippen LogP contribution in [0.2, 0.25) is 0 Å². The van der Waals surface area contributed by atoms with Gasteiger partial charge in [-0.3, -0.25) is 0 Å². The summed E-state index contributed by atoms with van der Waals surface area (Å²) in [6, 6.07) is 23.0. The maximum atomic E-state index is 14.1. The largest absolute Gasteiger partial charge is 0.338 e. The van der Waals surface area contributed by atoms with Crippen molar-refractivity contribution in [1.29, 1.82) is 0 Å². The van der Waals surface area contributed by atoms with Gasteiger partial charge in [-0.1, -0.05) is 48.5 Å². The quantitative estimate of drug-likeness (QED) is 0.474. The molecule has 4 nitrogen and oxygen atoms in total. The Kier molecular flexibility index (Phi) is 3.98. The maximum Gasteiger partial charge on any atom is 0.141 e. The lowest BCUT2D eigenvalue weighted by Crippen LogP contribution is -2.10. The van der Waals surface area contributed by atoms with Crippen molar-refractivity contribution >= 4 is 11.0 Å². The third-order valence-electron chi connectivity index (χ3n) is 4.89. The summed E-state index contributed by atoms with van der Waals surface area (Å²) in [6.45, 7) is 0. The van der Waals surface area contributed by atoms with Crippen LogP contribution < -0.4 is 0 Å². The second-order valence-electron chi connectivity index (χ2n) is 6.66. The molecule has 1 unspecified atom stereocenters. The minimum absolute atomic E-state index is 0.00619. The molecule has 5 aromatic rings. The molecule has 0 aliphatic carbocycles. The molecule has 0 fully saturated rings. The van der Waals surface area contributed by atoms with Crippen molar-refractivity contribution < 1.29 is 4.39 Å². The van der Waals surface area contributed by atoms with Gasteiger partial charge in [0.1, 0.15) is 11.6 Å². The van der Waals surface area contributed by atoms with E-state index in [0.29, 0.717) is 11.4 Å². The van der Waals surface area contributed by atoms with Gasteiger partial charge >= 0.3 is 0 Å². The number of H-pyrrole nitrogens is 1. The number of fused-ring (bicyclic) bond motifs is 1. The van der Waals surface area contributed by atoms with E-state index in [2.05, 4.69) is 43.8 Å². The molecule has 0 spiro atoms. The summed E-state index contributed by atoms with van der Waals surface area (Å²) in [6.07, 6.45) is 5.56. The van der Waals surface area contributed by atoms with Crippen LogP contribution in [-0.2, 0) is 0 Å². The number of nitrogens with one attached hydrogen (secondary N) is 1. The number of hydrogen-bond donors (Lipinski definition) is 1. The van der Waals surface area contributed by atoms with Crippen LogP contribution in [0, 0.1) is 5.82 Å². The number of halogens is 1. The average Bonchev–Trinajstić information content (AvgIpc) is 3.39. The monoisotopic (exact) mass is 368 g/mol. The molecule has 0 amide bonds. The molecule has 1 N–H and O–H groups in total. The van der Waals surface area contributed by atoms with Crippen molar-refractivity contribution in [2.24, 2.45) is 0 Å². The van der Waals surface area contributed by atoms with Gasteiger partial charge in [-0.2, -0.15) is 0 Å². The lowest BCUT2D eigenvalue weighted by Gasteiger charge is -2.19. The zero-order valence-electron chi connectivity index (χ0n) is 15.0. The molecule has 5 rings (SSSR count). The van der Waals surface area contributed by atoms with Gasteiger partial charge in [0, 0.05) is 12.4 Å². The zero-order valence-corrected chi connectivity index (χ0v) is 15.0. The number of nitrogens with zero attached hydrogens (tertiary/aromatic N) is 3. The normalized spacial score (nSPS) is 12.3. The molecule has 0 bridgehead atoms. The van der Waals surface area contributed by atoms with Crippen LogP contribution in [0.15, 0.2) is 91.5 Å². The number of aromatic amines is 1. The van der Waals surface area contributed by atoms with Gasteiger partial charge in [0.2, 0.25) is 0 Å². The highest BCUT2D eigenvalue weighted by atomic mass is 19.1. The van der Waals surface area contributed by atoms with Crippen LogP contribution in [-0.4, -0.2) is 19.5 Å². The lowest BCUT2D eigenvalue weighted by molar-refractivity contribution is 0.630. The lowest BCUT2D eigenvalue weighted by atomic mass is 9.98. The predicted octanol–water partition coefficient (Wildman–Crippen LogP) is 5.20. The predicted molar refractivity (Wildman–Crippen MR) is 107 cm³/mol. The molecule has 3 aromatic carbocycles. The van der Waals surface area contributed by atoms with E-state index >= 15 is 0 Å². The first-order valence-corrected chi connectivity index (χ1v) is 9.06. The first kappa shape index (κ1) is 16.4. The van der Waals surface area contributed by atoms with Crippen molar-refractivity contribution in [3.05, 3.63) is 108 Å². The molecule has 0 saturated heterocycles. The van der Waals surface area contributed by atoms with E-state index in [4.69, 9.17) is 0 Å². The summed E-state index contributed by atoms with van der Waals surface area (Å²) in [7, 11) is 0. The summed E-state index contributed by atoms with van der Waals surface area (Å²) in [4.78, 5) is 12.0. The molecule has 0 aliphatic rings. The van der Waals surface area contributed by atoms with Gasteiger partial charge in [-0.25, -0.2) is 14.4 Å². The fraction of sp³-hybridized carbons (Fsp3) is 0.0435. The van der Waals surface area contributed by atoms with E-state index in [1.54, 1.807) is 18.3 Å². The summed E-state index contributed by atoms with van der Waals surface area (Å²) >= 11 is 0. The topological polar surface area (TPSA) is 46.5 Å². The number of imidazole rings is 2. The van der Waals surface area contributed by atoms with E-state index in [1.165, 1.54) is 6.07 Å². The van der Waals surface area contributed by atoms with Gasteiger partial charge in [0.15, 0.2) is 0 Å². The summed E-state index contributed by atoms with van der Waals surface area (Å²) < 4.78 is 16.2. The molecule has 1 atom stereocenters. The Labute approximate surface area is 161 Å². The molecular formula is C23H17FN4. The first-order chi connectivity index (χ1) is 13.8. The summed E-state index contributed by atoms with van der Waals surface area (Å²) in [5, 5.41) is 0. The third-order valence-corrected chi connectivity index (χ3v) is 4.89. The highest BCUT2D eigenvalue weighted by molar-refractivity contribution is 5.80. The van der Waals surface area contributed by atoms with E-state index < -0.39 is 0 Å². The first-order valence-electron chi connectivity index (χ1n) is 9.06. The van der Waals surface area contributed by atoms with Crippen molar-refractivity contribution in [2.75, 3.05) is 0 Å². The van der Waals surface area contributed by atoms with Gasteiger partial charge in [0.05, 0.1) is 29.0 Å². The Morgan fingerprint density at radius 1 is 0.893 bits per heavy atom. The Hall–Kier alpha value is -3.73. The van der Waals surface area contributed by atoms with E-state index in [9.17, 15) is 4.39 Å². The van der Waals surface area contributed by atoms with E-state index in [1.807, 2.05) is 42.9 Å². The number of benzene rings is 3. The minimum atomic E-state index is -0.289. The fourth-order valence-corrected chi connectivity index (χ4v) is 3.57. The van der Waals surface area contributed by atoms with Crippen molar-refractivity contribution in [1.82, 2.24) is 19.5 Å². The van der Waals surface area contributed by atoms with Crippen molar-refractivity contribution in [2.45, 2.75) is 6.04 Å². The smallest absolute Gasteiger partial charge is 0.141 e. The second kappa shape index (κ2) is 6.78. The van der Waals surface area contributed by atoms with Crippen LogP contribution in [0.4, 0.5) is 4.39 Å². The Morgan fingerprint density at radius 2 is 1.71 bits per heavy atom. The number of rotatable bonds is 4. The van der Waals surface area contributed by atoms with E-state index in [0.717, 1.165) is 22.2 Å². The van der Waals surface area contributed by atoms with Crippen LogP contribution in [0.25, 0.3) is 22.4 Å². The van der Waals surface area contributed by atoms with Gasteiger partial charge in [-0.05, 0) is 35.4 Å². The summed E-state index contributed by atoms with van der Waals surface area (Å²) in [5.41, 5.74) is 4.40. The fourth-order valence-electron chi connectivity index (χ4n) is 3.57. The molecule has 136 valence electrons. The summed E-state index contributed by atoms with van der Waals surface area (Å²) in [5.74, 6) is 0.242. The highest BCUT2D eigenvalue weighted by Crippen LogP contribution is 2.30. The number of aromatic nitrogens is 4. The van der Waals surface area contributed by atoms with Crippen LogP contribution in [0.5, 0.6) is 0 Å². The molecule has 5 heteroatoms. The SMILES string of the molecule is Fc1ccccc1-c1nc2ccc(C(c3ccccc3)n3ccnc3)cc2[nH]1. The average molecular weight is 368 g/mol. The van der Waals surface area contributed by atoms with Crippen LogP contribution >= 0.6 is 0 Å². The maximum absolute atomic E-state index is 14.1. The van der Waals surface area contributed by atoms with Gasteiger partial charge < -0.3 is 9.55 Å². The minimum Gasteiger partial charge on any atom is -0.338 e. The van der Waals surface area contributed by atoms with E-state index in [-0.39, 0.29) is 11.9 Å². The van der Waals surface area contributed by atoms with Gasteiger partial charge in [0.25, 0.3) is 0 Å². The Balaban J connectivity index is 1.63. The Morgan fingerprint density at radius 3 is 2.50 bits per heavy atom. The van der Waals surface area contributed by atoms with Crippen molar-refractivity contribution in [3.8, 4) is 11.4 Å². The van der Waals surface area contributed by atoms with Crippen LogP contribution in [0.3, 0.4) is 0 Å². The molecule has 2 heterocycles. The molecule has 2 aromatic heterocycles. The van der Waals surface area contributed by atoms with Gasteiger partial charge in [-0.15, -0.1) is 0 Å². The standard InChI is InChI=1S/C23H17FN4/c24-19-9-5-4-8-18(19)23-26-20-11-10-17(14-21(20)27-23)22(28-13-12-25-15-28)16-6-2-1-3-7-16/h1-15,22H,(H,26,27). The van der Waals surface area contributed by atoms with Crippen molar-refractivity contribution in [3.63, 3.8) is 0 Å². The second-order valence-corrected chi connectivity index (χ2v) is 6.66. The molecule has 0 aliphatic heterocycles. The molecule has 0 saturated carbocycles. The highest BCUT2D eigenvalue weighted by Gasteiger charge is 2.17. The Bertz CT molecular complexity index is 1230. The molecule has 28 heavy (non-hydrogen) atoms. The zero-order chi connectivity index (χ0) is 18.9. The third kappa shape index (κ3) is 2.87. The molecular weight excluding hydrogens is 351 g/mol.